The number of ether oxygens (including phenoxy) is 2. The Kier molecular flexibility index (Phi) is 3.86. The summed E-state index contributed by atoms with van der Waals surface area (Å²) >= 11 is 5.88. The Bertz CT molecular complexity index is 402. The number of hydrogen-bond acceptors (Lipinski definition) is 3. The molecule has 0 saturated heterocycles. The van der Waals surface area contributed by atoms with E-state index in [0.29, 0.717) is 12.4 Å². The van der Waals surface area contributed by atoms with Gasteiger partial charge < -0.3 is 15.2 Å². The number of hydrogen-bond donors (Lipinski definition) is 1. The maximum absolute atomic E-state index is 12.9. The Hall–Kier alpha value is -0.840. The van der Waals surface area contributed by atoms with E-state index < -0.39 is 0 Å². The van der Waals surface area contributed by atoms with E-state index in [4.69, 9.17) is 26.8 Å². The summed E-state index contributed by atoms with van der Waals surface area (Å²) in [6, 6.07) is 4.06. The van der Waals surface area contributed by atoms with Gasteiger partial charge in [-0.25, -0.2) is 4.39 Å². The van der Waals surface area contributed by atoms with Crippen molar-refractivity contribution in [2.24, 2.45) is 5.73 Å². The van der Waals surface area contributed by atoms with Gasteiger partial charge in [0.1, 0.15) is 23.8 Å². The lowest BCUT2D eigenvalue weighted by Crippen LogP contribution is -2.59. The third-order valence-corrected chi connectivity index (χ3v) is 3.12. The number of nitrogens with two attached hydrogens (primary N) is 1. The summed E-state index contributed by atoms with van der Waals surface area (Å²) in [5.41, 5.74) is 5.82. The molecule has 0 amide bonds. The molecular weight excluding hydrogens is 245 g/mol. The van der Waals surface area contributed by atoms with Gasteiger partial charge in [-0.1, -0.05) is 11.6 Å². The van der Waals surface area contributed by atoms with Gasteiger partial charge >= 0.3 is 0 Å². The number of rotatable bonds is 4. The monoisotopic (exact) mass is 259 g/mol. The molecule has 3 unspecified atom stereocenters. The molecule has 94 valence electrons. The van der Waals surface area contributed by atoms with E-state index in [1.54, 1.807) is 0 Å². The van der Waals surface area contributed by atoms with Gasteiger partial charge in [-0.2, -0.15) is 0 Å². The maximum Gasteiger partial charge on any atom is 0.138 e. The van der Waals surface area contributed by atoms with E-state index in [9.17, 15) is 4.39 Å². The predicted octanol–water partition coefficient (Wildman–Crippen LogP) is 2.36. The van der Waals surface area contributed by atoms with Crippen LogP contribution in [0.2, 0.25) is 5.02 Å². The summed E-state index contributed by atoms with van der Waals surface area (Å²) in [4.78, 5) is 0. The summed E-state index contributed by atoms with van der Waals surface area (Å²) in [6.45, 7) is 2.50. The molecule has 1 aromatic rings. The Balaban J connectivity index is 2.01. The molecule has 0 heterocycles. The first-order valence-corrected chi connectivity index (χ1v) is 5.98. The lowest BCUT2D eigenvalue weighted by atomic mass is 9.86. The molecule has 1 aliphatic rings. The average molecular weight is 260 g/mol. The van der Waals surface area contributed by atoms with Crippen molar-refractivity contribution < 1.29 is 13.9 Å². The minimum Gasteiger partial charge on any atom is -0.486 e. The molecular formula is C12H15ClFNO2. The van der Waals surface area contributed by atoms with E-state index in [1.165, 1.54) is 18.2 Å². The average Bonchev–Trinajstić information content (AvgIpc) is 2.28. The lowest BCUT2D eigenvalue weighted by Gasteiger charge is -2.41. The van der Waals surface area contributed by atoms with Crippen LogP contribution in [-0.4, -0.2) is 24.9 Å². The van der Waals surface area contributed by atoms with Crippen LogP contribution in [0.25, 0.3) is 0 Å². The zero-order chi connectivity index (χ0) is 12.4. The summed E-state index contributed by atoms with van der Waals surface area (Å²) in [7, 11) is 0. The Labute approximate surface area is 105 Å². The van der Waals surface area contributed by atoms with E-state index in [0.717, 1.165) is 6.42 Å². The standard InChI is InChI=1S/C12H15ClFNO2/c1-2-16-12-9(15)6-11(12)17-10-4-3-7(14)5-8(10)13/h3-5,9,11-12H,2,6,15H2,1H3. The van der Waals surface area contributed by atoms with E-state index in [2.05, 4.69) is 0 Å². The maximum atomic E-state index is 12.9. The van der Waals surface area contributed by atoms with Crippen molar-refractivity contribution in [3.63, 3.8) is 0 Å². The summed E-state index contributed by atoms with van der Waals surface area (Å²) < 4.78 is 24.0. The first-order valence-electron chi connectivity index (χ1n) is 5.60. The van der Waals surface area contributed by atoms with Crippen LogP contribution in [0.15, 0.2) is 18.2 Å². The quantitative estimate of drug-likeness (QED) is 0.903. The molecule has 0 bridgehead atoms. The van der Waals surface area contributed by atoms with Crippen LogP contribution in [0.1, 0.15) is 13.3 Å². The molecule has 1 saturated carbocycles. The topological polar surface area (TPSA) is 44.5 Å². The number of halogens is 2. The summed E-state index contributed by atoms with van der Waals surface area (Å²) in [6.07, 6.45) is 0.507. The van der Waals surface area contributed by atoms with Crippen molar-refractivity contribution in [3.8, 4) is 5.75 Å². The molecule has 1 aliphatic carbocycles. The van der Waals surface area contributed by atoms with Crippen LogP contribution >= 0.6 is 11.6 Å². The molecule has 1 fully saturated rings. The van der Waals surface area contributed by atoms with Crippen molar-refractivity contribution in [1.82, 2.24) is 0 Å². The molecule has 0 spiro atoms. The van der Waals surface area contributed by atoms with Crippen molar-refractivity contribution in [2.45, 2.75) is 31.6 Å². The van der Waals surface area contributed by atoms with E-state index in [1.807, 2.05) is 6.92 Å². The van der Waals surface area contributed by atoms with Crippen molar-refractivity contribution in [3.05, 3.63) is 29.0 Å². The van der Waals surface area contributed by atoms with Gasteiger partial charge in [-0.05, 0) is 25.1 Å². The van der Waals surface area contributed by atoms with Crippen LogP contribution in [0, 0.1) is 5.82 Å². The fraction of sp³-hybridized carbons (Fsp3) is 0.500. The van der Waals surface area contributed by atoms with Gasteiger partial charge in [-0.15, -0.1) is 0 Å². The largest absolute Gasteiger partial charge is 0.486 e. The molecule has 5 heteroatoms. The smallest absolute Gasteiger partial charge is 0.138 e. The van der Waals surface area contributed by atoms with Crippen LogP contribution in [-0.2, 0) is 4.74 Å². The molecule has 2 rings (SSSR count). The van der Waals surface area contributed by atoms with Crippen LogP contribution in [0.5, 0.6) is 5.75 Å². The van der Waals surface area contributed by atoms with Gasteiger partial charge in [0.25, 0.3) is 0 Å². The molecule has 2 N–H and O–H groups in total. The minimum atomic E-state index is -0.381. The highest BCUT2D eigenvalue weighted by molar-refractivity contribution is 6.32. The van der Waals surface area contributed by atoms with Crippen molar-refractivity contribution in [1.29, 1.82) is 0 Å². The number of benzene rings is 1. The third-order valence-electron chi connectivity index (χ3n) is 2.82. The van der Waals surface area contributed by atoms with Crippen LogP contribution in [0.4, 0.5) is 4.39 Å². The van der Waals surface area contributed by atoms with Gasteiger partial charge in [0.05, 0.1) is 5.02 Å². The molecule has 3 nitrogen and oxygen atoms in total. The first kappa shape index (κ1) is 12.6. The molecule has 0 aromatic heterocycles. The van der Waals surface area contributed by atoms with Gasteiger partial charge in [0, 0.05) is 19.1 Å². The summed E-state index contributed by atoms with van der Waals surface area (Å²) in [5.74, 6) is 0.0867. The zero-order valence-electron chi connectivity index (χ0n) is 9.53. The second kappa shape index (κ2) is 5.21. The second-order valence-electron chi connectivity index (χ2n) is 4.05. The Morgan fingerprint density at radius 1 is 1.53 bits per heavy atom. The first-order chi connectivity index (χ1) is 8.11. The second-order valence-corrected chi connectivity index (χ2v) is 4.46. The normalized spacial score (nSPS) is 27.6. The van der Waals surface area contributed by atoms with Gasteiger partial charge in [-0.3, -0.25) is 0 Å². The molecule has 17 heavy (non-hydrogen) atoms. The predicted molar refractivity (Wildman–Crippen MR) is 63.8 cm³/mol. The fourth-order valence-corrected chi connectivity index (χ4v) is 2.10. The fourth-order valence-electron chi connectivity index (χ4n) is 1.89. The molecule has 3 atom stereocenters. The minimum absolute atomic E-state index is 0.000765. The molecule has 0 radical (unpaired) electrons. The third kappa shape index (κ3) is 2.70. The van der Waals surface area contributed by atoms with Gasteiger partial charge in [0.2, 0.25) is 0 Å². The molecule has 0 aliphatic heterocycles. The van der Waals surface area contributed by atoms with Crippen molar-refractivity contribution >= 4 is 11.6 Å². The van der Waals surface area contributed by atoms with E-state index >= 15 is 0 Å². The Morgan fingerprint density at radius 3 is 2.88 bits per heavy atom. The summed E-state index contributed by atoms with van der Waals surface area (Å²) in [5, 5.41) is 0.265. The van der Waals surface area contributed by atoms with Crippen molar-refractivity contribution in [2.75, 3.05) is 6.61 Å². The highest BCUT2D eigenvalue weighted by Gasteiger charge is 2.41. The van der Waals surface area contributed by atoms with E-state index in [-0.39, 0.29) is 29.1 Å². The molecule has 1 aromatic carbocycles. The SMILES string of the molecule is CCOC1C(N)CC1Oc1ccc(F)cc1Cl. The Morgan fingerprint density at radius 2 is 2.29 bits per heavy atom. The zero-order valence-corrected chi connectivity index (χ0v) is 10.3. The van der Waals surface area contributed by atoms with Gasteiger partial charge in [0.15, 0.2) is 0 Å². The van der Waals surface area contributed by atoms with Crippen LogP contribution in [0.3, 0.4) is 0 Å². The lowest BCUT2D eigenvalue weighted by molar-refractivity contribution is -0.0945. The van der Waals surface area contributed by atoms with Crippen LogP contribution < -0.4 is 10.5 Å². The highest BCUT2D eigenvalue weighted by atomic mass is 35.5. The highest BCUT2D eigenvalue weighted by Crippen LogP contribution is 2.32.